The summed E-state index contributed by atoms with van der Waals surface area (Å²) in [4.78, 5) is 30.5. The van der Waals surface area contributed by atoms with Crippen LogP contribution in [0.2, 0.25) is 0 Å². The number of likely N-dealkylation sites (tertiary alicyclic amines) is 1. The Balaban J connectivity index is 1.72. The van der Waals surface area contributed by atoms with Gasteiger partial charge in [-0.3, -0.25) is 9.78 Å². The summed E-state index contributed by atoms with van der Waals surface area (Å²) < 4.78 is 5.53. The maximum absolute atomic E-state index is 12.6. The van der Waals surface area contributed by atoms with Crippen LogP contribution < -0.4 is 5.73 Å². The summed E-state index contributed by atoms with van der Waals surface area (Å²) in [6.45, 7) is 6.48. The first-order valence-electron chi connectivity index (χ1n) is 11.5. The lowest BCUT2D eigenvalue weighted by molar-refractivity contribution is -0.0230. The number of para-hydroxylation sites is 1. The maximum Gasteiger partial charge on any atom is 0.410 e. The molecule has 0 radical (unpaired) electrons. The van der Waals surface area contributed by atoms with Crippen molar-refractivity contribution < 1.29 is 19.4 Å². The zero-order valence-electron chi connectivity index (χ0n) is 19.8. The van der Waals surface area contributed by atoms with Crippen LogP contribution in [0, 0.1) is 5.92 Å². The number of aromatic nitrogens is 1. The van der Waals surface area contributed by atoms with Gasteiger partial charge in [-0.05, 0) is 63.3 Å². The molecule has 3 N–H and O–H groups in total. The second-order valence-electron chi connectivity index (χ2n) is 9.83. The molecule has 0 saturated carbocycles. The van der Waals surface area contributed by atoms with Gasteiger partial charge < -0.3 is 20.5 Å². The largest absolute Gasteiger partial charge is 0.444 e. The van der Waals surface area contributed by atoms with Crippen molar-refractivity contribution in [3.63, 3.8) is 0 Å². The zero-order valence-corrected chi connectivity index (χ0v) is 19.8. The molecule has 1 atom stereocenters. The fraction of sp³-hybridized carbons (Fsp3) is 0.370. The van der Waals surface area contributed by atoms with E-state index in [9.17, 15) is 14.7 Å². The van der Waals surface area contributed by atoms with E-state index in [2.05, 4.69) is 4.98 Å². The van der Waals surface area contributed by atoms with Crippen LogP contribution in [0.4, 0.5) is 4.79 Å². The molecule has 2 amide bonds. The molecular formula is C27H31N3O4. The van der Waals surface area contributed by atoms with E-state index in [0.29, 0.717) is 42.6 Å². The quantitative estimate of drug-likeness (QED) is 0.605. The predicted octanol–water partition coefficient (Wildman–Crippen LogP) is 4.22. The standard InChI is InChI=1S/C27H31N3O4/c1-26(2,3)34-25(32)30-16-13-21(14-17-30)27(33,20-11-9-19(10-12-20)24(28)31)22-8-4-6-18-7-5-15-29-23(18)22/h4-12,15,21,33H,13-14,16-17H2,1-3H3,(H2,28,31). The third-order valence-corrected chi connectivity index (χ3v) is 6.39. The molecular weight excluding hydrogens is 430 g/mol. The van der Waals surface area contributed by atoms with Gasteiger partial charge in [-0.2, -0.15) is 0 Å². The maximum atomic E-state index is 12.6. The second kappa shape index (κ2) is 9.06. The van der Waals surface area contributed by atoms with Crippen LogP contribution in [0.1, 0.15) is 55.1 Å². The van der Waals surface area contributed by atoms with Crippen LogP contribution in [0.25, 0.3) is 10.9 Å². The van der Waals surface area contributed by atoms with Crippen molar-refractivity contribution in [1.82, 2.24) is 9.88 Å². The molecule has 34 heavy (non-hydrogen) atoms. The molecule has 1 saturated heterocycles. The Kier molecular flexibility index (Phi) is 6.32. The van der Waals surface area contributed by atoms with E-state index in [1.807, 2.05) is 51.1 Å². The van der Waals surface area contributed by atoms with Gasteiger partial charge in [0, 0.05) is 35.8 Å². The van der Waals surface area contributed by atoms with Crippen molar-refractivity contribution in [3.8, 4) is 0 Å². The first kappa shape index (κ1) is 23.7. The van der Waals surface area contributed by atoms with Gasteiger partial charge in [0.2, 0.25) is 5.91 Å². The predicted molar refractivity (Wildman–Crippen MR) is 130 cm³/mol. The normalized spacial score (nSPS) is 16.8. The van der Waals surface area contributed by atoms with Crippen molar-refractivity contribution in [3.05, 3.63) is 77.5 Å². The van der Waals surface area contributed by atoms with E-state index < -0.39 is 17.1 Å². The van der Waals surface area contributed by atoms with Crippen molar-refractivity contribution in [2.45, 2.75) is 44.8 Å². The first-order valence-corrected chi connectivity index (χ1v) is 11.5. The average Bonchev–Trinajstić information content (AvgIpc) is 2.82. The lowest BCUT2D eigenvalue weighted by atomic mass is 9.71. The Morgan fingerprint density at radius 1 is 1.03 bits per heavy atom. The summed E-state index contributed by atoms with van der Waals surface area (Å²) in [5.74, 6) is -0.703. The second-order valence-corrected chi connectivity index (χ2v) is 9.83. The van der Waals surface area contributed by atoms with Gasteiger partial charge in [0.15, 0.2) is 0 Å². The Morgan fingerprint density at radius 2 is 1.68 bits per heavy atom. The van der Waals surface area contributed by atoms with Gasteiger partial charge in [0.1, 0.15) is 11.2 Å². The Morgan fingerprint density at radius 3 is 2.29 bits per heavy atom. The molecule has 0 aliphatic carbocycles. The van der Waals surface area contributed by atoms with E-state index in [-0.39, 0.29) is 12.0 Å². The zero-order chi connectivity index (χ0) is 24.5. The lowest BCUT2D eigenvalue weighted by Crippen LogP contribution is -2.47. The third kappa shape index (κ3) is 4.61. The van der Waals surface area contributed by atoms with Crippen LogP contribution in [-0.4, -0.2) is 45.7 Å². The fourth-order valence-corrected chi connectivity index (χ4v) is 4.72. The van der Waals surface area contributed by atoms with Gasteiger partial charge in [0.05, 0.1) is 5.52 Å². The number of hydrogen-bond acceptors (Lipinski definition) is 5. The van der Waals surface area contributed by atoms with Crippen LogP contribution in [0.5, 0.6) is 0 Å². The number of primary amides is 1. The van der Waals surface area contributed by atoms with Gasteiger partial charge in [-0.15, -0.1) is 0 Å². The van der Waals surface area contributed by atoms with Crippen molar-refractivity contribution >= 4 is 22.9 Å². The average molecular weight is 462 g/mol. The van der Waals surface area contributed by atoms with E-state index in [4.69, 9.17) is 10.5 Å². The number of carbonyl (C=O) groups is 2. The van der Waals surface area contributed by atoms with Crippen molar-refractivity contribution in [2.24, 2.45) is 11.7 Å². The summed E-state index contributed by atoms with van der Waals surface area (Å²) in [7, 11) is 0. The van der Waals surface area contributed by atoms with Crippen LogP contribution in [0.3, 0.4) is 0 Å². The summed E-state index contributed by atoms with van der Waals surface area (Å²) in [6, 6.07) is 16.4. The topological polar surface area (TPSA) is 106 Å². The van der Waals surface area contributed by atoms with Crippen LogP contribution >= 0.6 is 0 Å². The van der Waals surface area contributed by atoms with E-state index in [0.717, 1.165) is 10.9 Å². The SMILES string of the molecule is CC(C)(C)OC(=O)N1CCC(C(O)(c2ccc(C(N)=O)cc2)c2cccc3cccnc23)CC1. The summed E-state index contributed by atoms with van der Waals surface area (Å²) in [6.07, 6.45) is 2.53. The summed E-state index contributed by atoms with van der Waals surface area (Å²) >= 11 is 0. The number of rotatable bonds is 4. The van der Waals surface area contributed by atoms with E-state index in [1.165, 1.54) is 0 Å². The summed E-state index contributed by atoms with van der Waals surface area (Å²) in [5, 5.41) is 13.4. The number of pyridine rings is 1. The third-order valence-electron chi connectivity index (χ3n) is 6.39. The van der Waals surface area contributed by atoms with Gasteiger partial charge in [0.25, 0.3) is 0 Å². The van der Waals surface area contributed by atoms with Crippen LogP contribution in [0.15, 0.2) is 60.8 Å². The number of nitrogens with two attached hydrogens (primary N) is 1. The molecule has 0 bridgehead atoms. The smallest absolute Gasteiger partial charge is 0.410 e. The monoisotopic (exact) mass is 461 g/mol. The Bertz CT molecular complexity index is 1190. The summed E-state index contributed by atoms with van der Waals surface area (Å²) in [5.41, 5.74) is 5.95. The fourth-order valence-electron chi connectivity index (χ4n) is 4.72. The highest BCUT2D eigenvalue weighted by molar-refractivity contribution is 5.92. The van der Waals surface area contributed by atoms with Gasteiger partial charge >= 0.3 is 6.09 Å². The molecule has 7 nitrogen and oxygen atoms in total. The molecule has 1 fully saturated rings. The molecule has 1 aliphatic rings. The highest BCUT2D eigenvalue weighted by atomic mass is 16.6. The molecule has 3 aromatic rings. The van der Waals surface area contributed by atoms with Crippen molar-refractivity contribution in [2.75, 3.05) is 13.1 Å². The van der Waals surface area contributed by atoms with E-state index >= 15 is 0 Å². The number of ether oxygens (including phenoxy) is 1. The Hall–Kier alpha value is -3.45. The minimum atomic E-state index is -1.37. The molecule has 2 heterocycles. The minimum Gasteiger partial charge on any atom is -0.444 e. The molecule has 1 unspecified atom stereocenters. The van der Waals surface area contributed by atoms with Gasteiger partial charge in [-0.25, -0.2) is 4.79 Å². The van der Waals surface area contributed by atoms with Gasteiger partial charge in [-0.1, -0.05) is 36.4 Å². The van der Waals surface area contributed by atoms with Crippen LogP contribution in [-0.2, 0) is 10.3 Å². The van der Waals surface area contributed by atoms with Crippen molar-refractivity contribution in [1.29, 1.82) is 0 Å². The number of fused-ring (bicyclic) bond motifs is 1. The lowest BCUT2D eigenvalue weighted by Gasteiger charge is -2.42. The molecule has 7 heteroatoms. The molecule has 4 rings (SSSR count). The highest BCUT2D eigenvalue weighted by Gasteiger charge is 2.43. The Labute approximate surface area is 199 Å². The number of carbonyl (C=O) groups excluding carboxylic acids is 2. The number of hydrogen-bond donors (Lipinski definition) is 2. The first-order chi connectivity index (χ1) is 16.1. The number of piperidine rings is 1. The molecule has 2 aromatic carbocycles. The molecule has 0 spiro atoms. The molecule has 1 aromatic heterocycles. The highest BCUT2D eigenvalue weighted by Crippen LogP contribution is 2.44. The minimum absolute atomic E-state index is 0.182. The van der Waals surface area contributed by atoms with E-state index in [1.54, 1.807) is 35.4 Å². The number of amides is 2. The molecule has 178 valence electrons. The number of nitrogens with zero attached hydrogens (tertiary/aromatic N) is 2. The number of aliphatic hydroxyl groups is 1. The number of benzene rings is 2. The molecule has 1 aliphatic heterocycles.